The van der Waals surface area contributed by atoms with E-state index in [0.717, 1.165) is 0 Å². The number of benzene rings is 1. The van der Waals surface area contributed by atoms with Crippen LogP contribution in [-0.4, -0.2) is 55.2 Å². The van der Waals surface area contributed by atoms with Crippen LogP contribution in [0.15, 0.2) is 24.3 Å². The molecule has 1 aliphatic heterocycles. The average Bonchev–Trinajstić information content (AvgIpc) is 2.46. The minimum Gasteiger partial charge on any atom is -0.508 e. The third-order valence-electron chi connectivity index (χ3n) is 3.02. The highest BCUT2D eigenvalue weighted by molar-refractivity contribution is 6.40. The molecule has 102 valence electrons. The summed E-state index contributed by atoms with van der Waals surface area (Å²) in [5.74, 6) is -1.00. The molecule has 1 aliphatic rings. The minimum absolute atomic E-state index is 0.115. The zero-order valence-corrected chi connectivity index (χ0v) is 10.7. The first-order chi connectivity index (χ1) is 9.09. The average molecular weight is 264 g/mol. The Bertz CT molecular complexity index is 466. The van der Waals surface area contributed by atoms with Crippen LogP contribution in [0.4, 0.5) is 5.69 Å². The van der Waals surface area contributed by atoms with E-state index in [0.29, 0.717) is 32.0 Å². The van der Waals surface area contributed by atoms with Crippen LogP contribution in [0.5, 0.6) is 5.75 Å². The highest BCUT2D eigenvalue weighted by Crippen LogP contribution is 2.17. The smallest absolute Gasteiger partial charge is 0.316 e. The molecule has 1 fully saturated rings. The zero-order valence-electron chi connectivity index (χ0n) is 10.7. The van der Waals surface area contributed by atoms with Gasteiger partial charge in [-0.15, -0.1) is 0 Å². The predicted octanol–water partition coefficient (Wildman–Crippen LogP) is 0.214. The van der Waals surface area contributed by atoms with Gasteiger partial charge in [0.2, 0.25) is 0 Å². The molecule has 0 saturated carbocycles. The second-order valence-corrected chi connectivity index (χ2v) is 4.29. The number of amides is 2. The Balaban J connectivity index is 2.05. The lowest BCUT2D eigenvalue weighted by molar-refractivity contribution is -0.146. The molecular weight excluding hydrogens is 248 g/mol. The van der Waals surface area contributed by atoms with Crippen molar-refractivity contribution in [2.24, 2.45) is 0 Å². The molecule has 6 heteroatoms. The summed E-state index contributed by atoms with van der Waals surface area (Å²) in [6, 6.07) is 6.11. The maximum atomic E-state index is 12.1. The number of hydrogen-bond donors (Lipinski definition) is 1. The third-order valence-corrected chi connectivity index (χ3v) is 3.02. The van der Waals surface area contributed by atoms with Crippen molar-refractivity contribution < 1.29 is 19.4 Å². The molecule has 2 rings (SSSR count). The largest absolute Gasteiger partial charge is 0.508 e. The van der Waals surface area contributed by atoms with Crippen LogP contribution in [0.25, 0.3) is 0 Å². The van der Waals surface area contributed by atoms with E-state index in [1.54, 1.807) is 12.1 Å². The van der Waals surface area contributed by atoms with Gasteiger partial charge >= 0.3 is 11.8 Å². The maximum Gasteiger partial charge on any atom is 0.316 e. The Labute approximate surface area is 111 Å². The van der Waals surface area contributed by atoms with Gasteiger partial charge in [-0.25, -0.2) is 0 Å². The lowest BCUT2D eigenvalue weighted by atomic mass is 10.2. The molecule has 1 saturated heterocycles. The van der Waals surface area contributed by atoms with Gasteiger partial charge in [0, 0.05) is 25.8 Å². The molecule has 0 spiro atoms. The molecule has 1 N–H and O–H groups in total. The van der Waals surface area contributed by atoms with E-state index >= 15 is 0 Å². The Kier molecular flexibility index (Phi) is 4.01. The van der Waals surface area contributed by atoms with Gasteiger partial charge in [-0.3, -0.25) is 9.59 Å². The number of carbonyl (C=O) groups excluding carboxylic acids is 2. The van der Waals surface area contributed by atoms with Crippen molar-refractivity contribution >= 4 is 17.5 Å². The van der Waals surface area contributed by atoms with E-state index in [4.69, 9.17) is 4.74 Å². The van der Waals surface area contributed by atoms with Crippen molar-refractivity contribution in [1.82, 2.24) is 4.90 Å². The number of morpholine rings is 1. The van der Waals surface area contributed by atoms with Crippen LogP contribution in [0.3, 0.4) is 0 Å². The van der Waals surface area contributed by atoms with Crippen LogP contribution in [0.1, 0.15) is 0 Å². The standard InChI is InChI=1S/C13H16N2O4/c1-14(10-2-4-11(16)5-3-10)12(17)13(18)15-6-8-19-9-7-15/h2-5,16H,6-9H2,1H3. The SMILES string of the molecule is CN(C(=O)C(=O)N1CCOCC1)c1ccc(O)cc1. The lowest BCUT2D eigenvalue weighted by Crippen LogP contribution is -2.48. The fraction of sp³-hybridized carbons (Fsp3) is 0.385. The maximum absolute atomic E-state index is 12.1. The Morgan fingerprint density at radius 1 is 1.21 bits per heavy atom. The van der Waals surface area contributed by atoms with Crippen molar-refractivity contribution in [3.8, 4) is 5.75 Å². The third kappa shape index (κ3) is 3.03. The van der Waals surface area contributed by atoms with Crippen molar-refractivity contribution in [3.63, 3.8) is 0 Å². The molecule has 19 heavy (non-hydrogen) atoms. The second kappa shape index (κ2) is 5.71. The Hall–Kier alpha value is -2.08. The predicted molar refractivity (Wildman–Crippen MR) is 68.9 cm³/mol. The van der Waals surface area contributed by atoms with Crippen LogP contribution in [-0.2, 0) is 14.3 Å². The zero-order chi connectivity index (χ0) is 13.8. The first kappa shape index (κ1) is 13.4. The number of phenolic OH excluding ortho intramolecular Hbond substituents is 1. The van der Waals surface area contributed by atoms with Crippen LogP contribution < -0.4 is 4.90 Å². The molecule has 6 nitrogen and oxygen atoms in total. The molecule has 0 atom stereocenters. The topological polar surface area (TPSA) is 70.1 Å². The molecular formula is C13H16N2O4. The number of nitrogens with zero attached hydrogens (tertiary/aromatic N) is 2. The van der Waals surface area contributed by atoms with Crippen molar-refractivity contribution in [2.75, 3.05) is 38.3 Å². The van der Waals surface area contributed by atoms with Gasteiger partial charge in [-0.05, 0) is 24.3 Å². The molecule has 1 aromatic carbocycles. The van der Waals surface area contributed by atoms with Crippen molar-refractivity contribution in [3.05, 3.63) is 24.3 Å². The van der Waals surface area contributed by atoms with E-state index in [-0.39, 0.29) is 5.75 Å². The van der Waals surface area contributed by atoms with Crippen LogP contribution >= 0.6 is 0 Å². The van der Waals surface area contributed by atoms with E-state index in [1.807, 2.05) is 0 Å². The normalized spacial score (nSPS) is 15.1. The second-order valence-electron chi connectivity index (χ2n) is 4.29. The summed E-state index contributed by atoms with van der Waals surface area (Å²) in [6.45, 7) is 1.80. The van der Waals surface area contributed by atoms with Gasteiger partial charge < -0.3 is 19.6 Å². The molecule has 0 radical (unpaired) electrons. The molecule has 1 aromatic rings. The van der Waals surface area contributed by atoms with Crippen LogP contribution in [0.2, 0.25) is 0 Å². The molecule has 0 aromatic heterocycles. The molecule has 1 heterocycles. The number of carbonyl (C=O) groups is 2. The summed E-state index contributed by atoms with van der Waals surface area (Å²) in [6.07, 6.45) is 0. The number of hydrogen-bond acceptors (Lipinski definition) is 4. The number of likely N-dealkylation sites (N-methyl/N-ethyl adjacent to an activating group) is 1. The van der Waals surface area contributed by atoms with E-state index in [9.17, 15) is 14.7 Å². The number of phenols is 1. The summed E-state index contributed by atoms with van der Waals surface area (Å²) in [7, 11) is 1.53. The highest BCUT2D eigenvalue weighted by atomic mass is 16.5. The summed E-state index contributed by atoms with van der Waals surface area (Å²) < 4.78 is 5.14. The van der Waals surface area contributed by atoms with Gasteiger partial charge in [0.1, 0.15) is 5.75 Å². The Morgan fingerprint density at radius 2 is 1.79 bits per heavy atom. The van der Waals surface area contributed by atoms with Crippen molar-refractivity contribution in [2.45, 2.75) is 0 Å². The summed E-state index contributed by atoms with van der Waals surface area (Å²) >= 11 is 0. The van der Waals surface area contributed by atoms with E-state index < -0.39 is 11.8 Å². The highest BCUT2D eigenvalue weighted by Gasteiger charge is 2.26. The fourth-order valence-corrected chi connectivity index (χ4v) is 1.84. The first-order valence-corrected chi connectivity index (χ1v) is 6.03. The van der Waals surface area contributed by atoms with Gasteiger partial charge in [0.15, 0.2) is 0 Å². The minimum atomic E-state index is -0.590. The number of rotatable bonds is 1. The molecule has 0 aliphatic carbocycles. The van der Waals surface area contributed by atoms with E-state index in [2.05, 4.69) is 0 Å². The summed E-state index contributed by atoms with van der Waals surface area (Å²) in [5, 5.41) is 9.20. The quantitative estimate of drug-likeness (QED) is 0.736. The molecule has 0 unspecified atom stereocenters. The summed E-state index contributed by atoms with van der Waals surface area (Å²) in [4.78, 5) is 26.8. The molecule has 0 bridgehead atoms. The van der Waals surface area contributed by atoms with Gasteiger partial charge in [0.05, 0.1) is 13.2 Å². The Morgan fingerprint density at radius 3 is 2.37 bits per heavy atom. The van der Waals surface area contributed by atoms with Gasteiger partial charge in [-0.1, -0.05) is 0 Å². The monoisotopic (exact) mass is 264 g/mol. The number of anilines is 1. The van der Waals surface area contributed by atoms with Crippen molar-refractivity contribution in [1.29, 1.82) is 0 Å². The van der Waals surface area contributed by atoms with E-state index in [1.165, 1.54) is 29.0 Å². The first-order valence-electron chi connectivity index (χ1n) is 6.03. The van der Waals surface area contributed by atoms with Gasteiger partial charge in [-0.2, -0.15) is 0 Å². The number of ether oxygens (including phenoxy) is 1. The number of aromatic hydroxyl groups is 1. The molecule has 2 amide bonds. The summed E-state index contributed by atoms with van der Waals surface area (Å²) in [5.41, 5.74) is 0.560. The fourth-order valence-electron chi connectivity index (χ4n) is 1.84. The lowest BCUT2D eigenvalue weighted by Gasteiger charge is -2.28. The van der Waals surface area contributed by atoms with Crippen LogP contribution in [0, 0.1) is 0 Å². The van der Waals surface area contributed by atoms with Gasteiger partial charge in [0.25, 0.3) is 0 Å².